The zero-order valence-electron chi connectivity index (χ0n) is 10.4. The minimum absolute atomic E-state index is 0.647. The van der Waals surface area contributed by atoms with Crippen LogP contribution in [0.2, 0.25) is 0 Å². The van der Waals surface area contributed by atoms with Crippen LogP contribution < -0.4 is 4.74 Å². The molecule has 2 aromatic carbocycles. The summed E-state index contributed by atoms with van der Waals surface area (Å²) in [5, 5.41) is 15.0. The highest BCUT2D eigenvalue weighted by molar-refractivity contribution is 5.92. The fraction of sp³-hybridized carbons (Fsp3) is 0.0667. The summed E-state index contributed by atoms with van der Waals surface area (Å²) in [6.07, 6.45) is 3.46. The molecule has 4 nitrogen and oxygen atoms in total. The van der Waals surface area contributed by atoms with Gasteiger partial charge in [0.15, 0.2) is 5.75 Å². The summed E-state index contributed by atoms with van der Waals surface area (Å²) in [4.78, 5) is 0. The lowest BCUT2D eigenvalue weighted by atomic mass is 10.0. The van der Waals surface area contributed by atoms with Gasteiger partial charge in [-0.05, 0) is 12.1 Å². The molecule has 0 saturated heterocycles. The zero-order chi connectivity index (χ0) is 13.2. The monoisotopic (exact) mass is 249 g/mol. The number of nitrogens with zero attached hydrogens (tertiary/aromatic N) is 3. The summed E-state index contributed by atoms with van der Waals surface area (Å²) in [6, 6.07) is 13.5. The van der Waals surface area contributed by atoms with Crippen LogP contribution in [0.1, 0.15) is 5.56 Å². The molecule has 19 heavy (non-hydrogen) atoms. The molecule has 1 aromatic heterocycles. The van der Waals surface area contributed by atoms with E-state index in [1.165, 1.54) is 0 Å². The third-order valence-electron chi connectivity index (χ3n) is 2.91. The van der Waals surface area contributed by atoms with Crippen molar-refractivity contribution >= 4 is 10.8 Å². The number of rotatable bonds is 2. The summed E-state index contributed by atoms with van der Waals surface area (Å²) in [5.41, 5.74) is 0.647. The molecule has 0 bridgehead atoms. The lowest BCUT2D eigenvalue weighted by Crippen LogP contribution is -1.87. The number of aryl methyl sites for hydroxylation is 1. The molecule has 0 aliphatic rings. The molecule has 4 heteroatoms. The highest BCUT2D eigenvalue weighted by Crippen LogP contribution is 2.31. The Morgan fingerprint density at radius 1 is 1.16 bits per heavy atom. The molecular formula is C15H11N3O. The van der Waals surface area contributed by atoms with Gasteiger partial charge >= 0.3 is 0 Å². The molecule has 0 aliphatic heterocycles. The van der Waals surface area contributed by atoms with E-state index in [-0.39, 0.29) is 0 Å². The highest BCUT2D eigenvalue weighted by atomic mass is 16.5. The minimum atomic E-state index is 0.647. The van der Waals surface area contributed by atoms with Gasteiger partial charge in [-0.2, -0.15) is 10.4 Å². The van der Waals surface area contributed by atoms with E-state index in [9.17, 15) is 0 Å². The van der Waals surface area contributed by atoms with Crippen molar-refractivity contribution in [1.29, 1.82) is 5.26 Å². The van der Waals surface area contributed by atoms with Gasteiger partial charge in [0.1, 0.15) is 5.75 Å². The third kappa shape index (κ3) is 2.02. The van der Waals surface area contributed by atoms with Gasteiger partial charge in [-0.25, -0.2) is 0 Å². The Labute approximate surface area is 110 Å². The second kappa shape index (κ2) is 4.46. The number of hydrogen-bond donors (Lipinski definition) is 0. The Balaban J connectivity index is 2.12. The minimum Gasteiger partial charge on any atom is -0.453 e. The van der Waals surface area contributed by atoms with Crippen molar-refractivity contribution in [1.82, 2.24) is 9.78 Å². The first-order chi connectivity index (χ1) is 9.28. The molecule has 0 amide bonds. The average Bonchev–Trinajstić information content (AvgIpc) is 2.85. The second-order valence-electron chi connectivity index (χ2n) is 4.22. The SMILES string of the molecule is Cn1cc(Oc2ccc(C#N)c3ccccc23)cn1. The number of hydrogen-bond acceptors (Lipinski definition) is 3. The van der Waals surface area contributed by atoms with Crippen molar-refractivity contribution in [3.05, 3.63) is 54.4 Å². The number of aromatic nitrogens is 2. The molecule has 0 radical (unpaired) electrons. The average molecular weight is 249 g/mol. The van der Waals surface area contributed by atoms with Crippen LogP contribution in [0.4, 0.5) is 0 Å². The van der Waals surface area contributed by atoms with Gasteiger partial charge in [0.25, 0.3) is 0 Å². The summed E-state index contributed by atoms with van der Waals surface area (Å²) >= 11 is 0. The first-order valence-electron chi connectivity index (χ1n) is 5.86. The highest BCUT2D eigenvalue weighted by Gasteiger charge is 2.07. The lowest BCUT2D eigenvalue weighted by Gasteiger charge is -2.08. The van der Waals surface area contributed by atoms with Gasteiger partial charge in [-0.1, -0.05) is 24.3 Å². The van der Waals surface area contributed by atoms with Gasteiger partial charge in [0.05, 0.1) is 24.0 Å². The van der Waals surface area contributed by atoms with Gasteiger partial charge < -0.3 is 4.74 Å². The fourth-order valence-corrected chi connectivity index (χ4v) is 2.04. The molecule has 3 aromatic rings. The predicted octanol–water partition coefficient (Wildman–Crippen LogP) is 3.24. The van der Waals surface area contributed by atoms with Gasteiger partial charge in [0.2, 0.25) is 0 Å². The van der Waals surface area contributed by atoms with E-state index >= 15 is 0 Å². The van der Waals surface area contributed by atoms with Crippen molar-refractivity contribution in [2.75, 3.05) is 0 Å². The summed E-state index contributed by atoms with van der Waals surface area (Å²) in [7, 11) is 1.84. The Bertz CT molecular complexity index is 783. The Morgan fingerprint density at radius 3 is 2.63 bits per heavy atom. The first-order valence-corrected chi connectivity index (χ1v) is 5.86. The molecule has 0 saturated carbocycles. The molecule has 0 aliphatic carbocycles. The van der Waals surface area contributed by atoms with Crippen LogP contribution in [0.3, 0.4) is 0 Å². The van der Waals surface area contributed by atoms with Crippen LogP contribution in [0, 0.1) is 11.3 Å². The van der Waals surface area contributed by atoms with Crippen molar-refractivity contribution in [3.8, 4) is 17.6 Å². The number of fused-ring (bicyclic) bond motifs is 1. The Morgan fingerprint density at radius 2 is 1.95 bits per heavy atom. The van der Waals surface area contributed by atoms with Crippen molar-refractivity contribution in [3.63, 3.8) is 0 Å². The summed E-state index contributed by atoms with van der Waals surface area (Å²) in [5.74, 6) is 1.40. The van der Waals surface area contributed by atoms with Crippen LogP contribution in [0.25, 0.3) is 10.8 Å². The molecule has 3 rings (SSSR count). The quantitative estimate of drug-likeness (QED) is 0.700. The molecular weight excluding hydrogens is 238 g/mol. The number of nitriles is 1. The van der Waals surface area contributed by atoms with Crippen molar-refractivity contribution in [2.24, 2.45) is 7.05 Å². The molecule has 0 atom stereocenters. The Kier molecular flexibility index (Phi) is 2.66. The molecule has 0 N–H and O–H groups in total. The maximum atomic E-state index is 9.12. The van der Waals surface area contributed by atoms with E-state index in [4.69, 9.17) is 10.00 Å². The maximum absolute atomic E-state index is 9.12. The van der Waals surface area contributed by atoms with Gasteiger partial charge in [-0.15, -0.1) is 0 Å². The predicted molar refractivity (Wildman–Crippen MR) is 71.9 cm³/mol. The maximum Gasteiger partial charge on any atom is 0.165 e. The van der Waals surface area contributed by atoms with E-state index in [2.05, 4.69) is 11.2 Å². The smallest absolute Gasteiger partial charge is 0.165 e. The Hall–Kier alpha value is -2.80. The molecule has 0 spiro atoms. The molecule has 0 fully saturated rings. The second-order valence-corrected chi connectivity index (χ2v) is 4.22. The topological polar surface area (TPSA) is 50.8 Å². The lowest BCUT2D eigenvalue weighted by molar-refractivity contribution is 0.487. The van der Waals surface area contributed by atoms with E-state index in [0.717, 1.165) is 16.5 Å². The van der Waals surface area contributed by atoms with Crippen molar-refractivity contribution in [2.45, 2.75) is 0 Å². The van der Waals surface area contributed by atoms with E-state index < -0.39 is 0 Å². The number of ether oxygens (including phenoxy) is 1. The van der Waals surface area contributed by atoms with Crippen LogP contribution in [-0.4, -0.2) is 9.78 Å². The summed E-state index contributed by atoms with van der Waals surface area (Å²) < 4.78 is 7.50. The molecule has 0 unspecified atom stereocenters. The van der Waals surface area contributed by atoms with E-state index in [0.29, 0.717) is 11.3 Å². The third-order valence-corrected chi connectivity index (χ3v) is 2.91. The van der Waals surface area contributed by atoms with E-state index in [1.54, 1.807) is 23.1 Å². The largest absolute Gasteiger partial charge is 0.453 e. The first kappa shape index (κ1) is 11.3. The molecule has 1 heterocycles. The standard InChI is InChI=1S/C15H11N3O/c1-18-10-12(9-17-18)19-15-7-6-11(8-16)13-4-2-3-5-14(13)15/h2-7,9-10H,1H3. The van der Waals surface area contributed by atoms with Crippen LogP contribution in [0.5, 0.6) is 11.5 Å². The van der Waals surface area contributed by atoms with E-state index in [1.807, 2.05) is 37.4 Å². The zero-order valence-corrected chi connectivity index (χ0v) is 10.4. The number of benzene rings is 2. The van der Waals surface area contributed by atoms with Crippen molar-refractivity contribution < 1.29 is 4.74 Å². The normalized spacial score (nSPS) is 10.3. The van der Waals surface area contributed by atoms with Crippen LogP contribution in [-0.2, 0) is 7.05 Å². The van der Waals surface area contributed by atoms with Crippen LogP contribution >= 0.6 is 0 Å². The van der Waals surface area contributed by atoms with Crippen LogP contribution in [0.15, 0.2) is 48.8 Å². The van der Waals surface area contributed by atoms with Gasteiger partial charge in [-0.3, -0.25) is 4.68 Å². The van der Waals surface area contributed by atoms with Gasteiger partial charge in [0, 0.05) is 17.8 Å². The summed E-state index contributed by atoms with van der Waals surface area (Å²) in [6.45, 7) is 0. The fourth-order valence-electron chi connectivity index (χ4n) is 2.04. The molecule has 92 valence electrons.